The highest BCUT2D eigenvalue weighted by atomic mass is 16.5. The van der Waals surface area contributed by atoms with Crippen LogP contribution < -0.4 is 10.1 Å². The Hall–Kier alpha value is -2.17. The van der Waals surface area contributed by atoms with Crippen LogP contribution in [0, 0.1) is 0 Å². The van der Waals surface area contributed by atoms with Crippen LogP contribution in [0.2, 0.25) is 0 Å². The van der Waals surface area contributed by atoms with Gasteiger partial charge in [0.25, 0.3) is 5.91 Å². The lowest BCUT2D eigenvalue weighted by molar-refractivity contribution is -0.114. The molecule has 2 aliphatic rings. The number of unbranched alkanes of at least 4 members (excludes halogenated alkanes) is 2. The van der Waals surface area contributed by atoms with E-state index >= 15 is 0 Å². The Kier molecular flexibility index (Phi) is 6.81. The maximum atomic E-state index is 11.7. The molecule has 1 aromatic carbocycles. The van der Waals surface area contributed by atoms with Crippen LogP contribution in [0.15, 0.2) is 46.3 Å². The molecule has 0 spiro atoms. The monoisotopic (exact) mass is 355 g/mol. The normalized spacial score (nSPS) is 20.7. The van der Waals surface area contributed by atoms with E-state index in [1.165, 1.54) is 32.1 Å². The molecule has 0 aromatic heterocycles. The van der Waals surface area contributed by atoms with E-state index in [2.05, 4.69) is 22.5 Å². The van der Waals surface area contributed by atoms with Gasteiger partial charge < -0.3 is 10.1 Å². The molecule has 0 bridgehead atoms. The summed E-state index contributed by atoms with van der Waals surface area (Å²) in [4.78, 5) is 11.7. The average molecular weight is 355 g/mol. The molecule has 0 radical (unpaired) electrons. The van der Waals surface area contributed by atoms with Crippen LogP contribution in [0.25, 0.3) is 0 Å². The summed E-state index contributed by atoms with van der Waals surface area (Å²) in [7, 11) is 0. The highest BCUT2D eigenvalue weighted by molar-refractivity contribution is 5.89. The van der Waals surface area contributed by atoms with Crippen molar-refractivity contribution in [3.63, 3.8) is 0 Å². The first-order valence-corrected chi connectivity index (χ1v) is 9.92. The number of carbonyl (C=O) groups excluding carboxylic acids is 1. The minimum absolute atomic E-state index is 0.233. The van der Waals surface area contributed by atoms with Crippen LogP contribution in [0.5, 0.6) is 5.75 Å². The van der Waals surface area contributed by atoms with Gasteiger partial charge in [0.15, 0.2) is 0 Å². The molecule has 5 heteroatoms. The molecule has 1 amide bonds. The van der Waals surface area contributed by atoms with Crippen LogP contribution in [-0.2, 0) is 4.79 Å². The van der Waals surface area contributed by atoms with Gasteiger partial charge >= 0.3 is 0 Å². The van der Waals surface area contributed by atoms with Crippen molar-refractivity contribution in [2.45, 2.75) is 70.4 Å². The molecular formula is C21H29N3O2. The Balaban J connectivity index is 1.64. The van der Waals surface area contributed by atoms with Gasteiger partial charge in [-0.05, 0) is 37.0 Å². The smallest absolute Gasteiger partial charge is 0.289 e. The maximum absolute atomic E-state index is 11.7. The van der Waals surface area contributed by atoms with Crippen LogP contribution >= 0.6 is 0 Å². The van der Waals surface area contributed by atoms with Crippen LogP contribution in [0.3, 0.4) is 0 Å². The third kappa shape index (κ3) is 5.16. The summed E-state index contributed by atoms with van der Waals surface area (Å²) >= 11 is 0. The van der Waals surface area contributed by atoms with Crippen molar-refractivity contribution in [3.05, 3.63) is 41.6 Å². The first kappa shape index (κ1) is 18.6. The number of hydrogen-bond acceptors (Lipinski definition) is 4. The molecule has 1 atom stereocenters. The highest BCUT2D eigenvalue weighted by Gasteiger charge is 2.24. The molecule has 5 nitrogen and oxygen atoms in total. The van der Waals surface area contributed by atoms with Crippen molar-refractivity contribution in [1.82, 2.24) is 5.32 Å². The van der Waals surface area contributed by atoms with Gasteiger partial charge in [0.05, 0.1) is 6.61 Å². The minimum Gasteiger partial charge on any atom is -0.494 e. The predicted molar refractivity (Wildman–Crippen MR) is 102 cm³/mol. The Morgan fingerprint density at radius 2 is 1.88 bits per heavy atom. The van der Waals surface area contributed by atoms with Crippen LogP contribution in [0.1, 0.15) is 69.9 Å². The van der Waals surface area contributed by atoms with Gasteiger partial charge in [0.2, 0.25) is 0 Å². The third-order valence-corrected chi connectivity index (χ3v) is 5.03. The molecule has 1 aliphatic heterocycles. The third-order valence-electron chi connectivity index (χ3n) is 5.03. The lowest BCUT2D eigenvalue weighted by Crippen LogP contribution is -2.33. The molecular weight excluding hydrogens is 326 g/mol. The lowest BCUT2D eigenvalue weighted by atomic mass is 9.94. The van der Waals surface area contributed by atoms with E-state index in [1.54, 1.807) is 6.08 Å². The Labute approximate surface area is 155 Å². The average Bonchev–Trinajstić information content (AvgIpc) is 2.67. The summed E-state index contributed by atoms with van der Waals surface area (Å²) in [6.45, 7) is 2.93. The van der Waals surface area contributed by atoms with Gasteiger partial charge in [-0.1, -0.05) is 51.2 Å². The summed E-state index contributed by atoms with van der Waals surface area (Å²) in [6.07, 6.45) is 11.2. The topological polar surface area (TPSA) is 63.1 Å². The van der Waals surface area contributed by atoms with Crippen molar-refractivity contribution >= 4 is 5.91 Å². The Morgan fingerprint density at radius 3 is 2.62 bits per heavy atom. The highest BCUT2D eigenvalue weighted by Crippen LogP contribution is 2.30. The van der Waals surface area contributed by atoms with E-state index in [9.17, 15) is 4.79 Å². The zero-order valence-electron chi connectivity index (χ0n) is 15.6. The lowest BCUT2D eigenvalue weighted by Gasteiger charge is -2.28. The molecule has 1 aliphatic carbocycles. The van der Waals surface area contributed by atoms with Crippen molar-refractivity contribution < 1.29 is 9.53 Å². The number of amides is 1. The van der Waals surface area contributed by atoms with Gasteiger partial charge in [-0.2, -0.15) is 5.11 Å². The SMILES string of the molecule is CCCCCOc1ccc(C2N=NC(=O)C=C2NC2CCCCC2)cc1. The van der Waals surface area contributed by atoms with E-state index in [0.717, 1.165) is 42.9 Å². The van der Waals surface area contributed by atoms with E-state index in [4.69, 9.17) is 4.74 Å². The second-order valence-corrected chi connectivity index (χ2v) is 7.16. The number of benzene rings is 1. The first-order valence-electron chi connectivity index (χ1n) is 9.92. The number of hydrogen-bond donors (Lipinski definition) is 1. The first-order chi connectivity index (χ1) is 12.8. The Bertz CT molecular complexity index is 646. The minimum atomic E-state index is -0.282. The summed E-state index contributed by atoms with van der Waals surface area (Å²) in [6, 6.07) is 8.19. The van der Waals surface area contributed by atoms with Gasteiger partial charge in [-0.25, -0.2) is 0 Å². The molecule has 1 saturated carbocycles. The molecule has 140 valence electrons. The van der Waals surface area contributed by atoms with Crippen LogP contribution in [0.4, 0.5) is 0 Å². The van der Waals surface area contributed by atoms with Crippen LogP contribution in [-0.4, -0.2) is 18.6 Å². The predicted octanol–water partition coefficient (Wildman–Crippen LogP) is 5.10. The molecule has 26 heavy (non-hydrogen) atoms. The molecule has 1 unspecified atom stereocenters. The number of azo groups is 1. The molecule has 1 N–H and O–H groups in total. The van der Waals surface area contributed by atoms with Gasteiger partial charge in [0.1, 0.15) is 11.8 Å². The van der Waals surface area contributed by atoms with Crippen molar-refractivity contribution in [1.29, 1.82) is 0 Å². The van der Waals surface area contributed by atoms with Gasteiger partial charge in [0, 0.05) is 17.8 Å². The van der Waals surface area contributed by atoms with E-state index in [0.29, 0.717) is 6.04 Å². The fourth-order valence-electron chi connectivity index (χ4n) is 3.56. The Morgan fingerprint density at radius 1 is 1.12 bits per heavy atom. The molecule has 0 saturated heterocycles. The second kappa shape index (κ2) is 9.51. The largest absolute Gasteiger partial charge is 0.494 e. The van der Waals surface area contributed by atoms with Crippen molar-refractivity contribution in [2.75, 3.05) is 6.61 Å². The fourth-order valence-corrected chi connectivity index (χ4v) is 3.56. The number of nitrogens with one attached hydrogen (secondary N) is 1. The van der Waals surface area contributed by atoms with Crippen molar-refractivity contribution in [2.24, 2.45) is 10.2 Å². The van der Waals surface area contributed by atoms with Gasteiger partial charge in [-0.15, -0.1) is 5.11 Å². The summed E-state index contributed by atoms with van der Waals surface area (Å²) in [5.74, 6) is 0.592. The van der Waals surface area contributed by atoms with Gasteiger partial charge in [-0.3, -0.25) is 4.79 Å². The fraction of sp³-hybridized carbons (Fsp3) is 0.571. The van der Waals surface area contributed by atoms with E-state index in [1.807, 2.05) is 24.3 Å². The standard InChI is InChI=1S/C21H29N3O2/c1-2-3-7-14-26-18-12-10-16(11-13-18)21-19(15-20(25)23-24-21)22-17-8-5-4-6-9-17/h10-13,15,17,21-22H,2-9,14H2,1H3. The second-order valence-electron chi connectivity index (χ2n) is 7.16. The zero-order chi connectivity index (χ0) is 18.2. The summed E-state index contributed by atoms with van der Waals surface area (Å²) < 4.78 is 5.78. The summed E-state index contributed by atoms with van der Waals surface area (Å²) in [5, 5.41) is 11.6. The van der Waals surface area contributed by atoms with E-state index < -0.39 is 0 Å². The number of carbonyl (C=O) groups is 1. The molecule has 1 aromatic rings. The molecule has 1 fully saturated rings. The number of rotatable bonds is 8. The quantitative estimate of drug-likeness (QED) is 0.660. The van der Waals surface area contributed by atoms with E-state index in [-0.39, 0.29) is 11.9 Å². The molecule has 3 rings (SSSR count). The number of ether oxygens (including phenoxy) is 1. The maximum Gasteiger partial charge on any atom is 0.289 e. The zero-order valence-corrected chi connectivity index (χ0v) is 15.6. The number of nitrogens with zero attached hydrogens (tertiary/aromatic N) is 2. The summed E-state index contributed by atoms with van der Waals surface area (Å²) in [5.41, 5.74) is 1.89. The molecule has 1 heterocycles. The van der Waals surface area contributed by atoms with Crippen molar-refractivity contribution in [3.8, 4) is 5.75 Å².